The van der Waals surface area contributed by atoms with Gasteiger partial charge in [-0.05, 0) is 12.8 Å². The molecule has 0 aromatic heterocycles. The summed E-state index contributed by atoms with van der Waals surface area (Å²) in [6.45, 7) is 3.51. The molecule has 1 heterocycles. The van der Waals surface area contributed by atoms with Crippen LogP contribution < -0.4 is 5.32 Å². The number of esters is 1. The molecule has 1 rings (SSSR count). The largest absolute Gasteiger partial charge is 0.464 e. The van der Waals surface area contributed by atoms with Gasteiger partial charge in [0.2, 0.25) is 0 Å². The fraction of sp³-hybridized carbons (Fsp3) is 0.909. The number of cyclic esters (lactones) is 1. The van der Waals surface area contributed by atoms with Crippen LogP contribution in [0.4, 0.5) is 13.2 Å². The van der Waals surface area contributed by atoms with Gasteiger partial charge in [-0.25, -0.2) is 5.32 Å². The molecule has 0 aliphatic carbocycles. The van der Waals surface area contributed by atoms with E-state index in [-0.39, 0.29) is 6.61 Å². The number of carbonyl (C=O) groups is 1. The van der Waals surface area contributed by atoms with Crippen molar-refractivity contribution in [2.75, 3.05) is 6.61 Å². The summed E-state index contributed by atoms with van der Waals surface area (Å²) in [7, 11) is 0. The summed E-state index contributed by atoms with van der Waals surface area (Å²) in [5, 5.41) is 1.56. The lowest BCUT2D eigenvalue weighted by Crippen LogP contribution is -2.51. The van der Waals surface area contributed by atoms with Crippen LogP contribution in [0.5, 0.6) is 0 Å². The molecule has 17 heavy (non-hydrogen) atoms. The predicted octanol–water partition coefficient (Wildman–Crippen LogP) is 2.61. The van der Waals surface area contributed by atoms with E-state index in [0.29, 0.717) is 25.7 Å². The van der Waals surface area contributed by atoms with E-state index in [1.807, 2.05) is 13.8 Å². The second-order valence-corrected chi connectivity index (χ2v) is 4.45. The first kappa shape index (κ1) is 14.3. The van der Waals surface area contributed by atoms with Crippen LogP contribution in [0.2, 0.25) is 0 Å². The molecule has 1 fully saturated rings. The monoisotopic (exact) mass is 253 g/mol. The zero-order valence-corrected chi connectivity index (χ0v) is 10.1. The fourth-order valence-corrected chi connectivity index (χ4v) is 2.55. The number of hydrogen-bond acceptors (Lipinski definition) is 3. The van der Waals surface area contributed by atoms with Gasteiger partial charge in [0, 0.05) is 0 Å². The highest BCUT2D eigenvalue weighted by molar-refractivity contribution is 5.80. The number of halogens is 3. The van der Waals surface area contributed by atoms with Crippen molar-refractivity contribution in [3.63, 3.8) is 0 Å². The highest BCUT2D eigenvalue weighted by atomic mass is 19.4. The molecule has 1 atom stereocenters. The minimum absolute atomic E-state index is 0.196. The van der Waals surface area contributed by atoms with E-state index in [4.69, 9.17) is 4.74 Å². The Labute approximate surface area is 98.7 Å². The van der Waals surface area contributed by atoms with Gasteiger partial charge in [0.1, 0.15) is 6.61 Å². The van der Waals surface area contributed by atoms with E-state index >= 15 is 0 Å². The lowest BCUT2D eigenvalue weighted by molar-refractivity contribution is -0.170. The summed E-state index contributed by atoms with van der Waals surface area (Å²) in [4.78, 5) is 11.7. The van der Waals surface area contributed by atoms with Crippen molar-refractivity contribution >= 4 is 5.97 Å². The number of ether oxygens (including phenoxy) is 1. The topological polar surface area (TPSA) is 38.3 Å². The highest BCUT2D eigenvalue weighted by Crippen LogP contribution is 2.40. The molecule has 1 N–H and O–H groups in total. The van der Waals surface area contributed by atoms with Gasteiger partial charge in [-0.15, -0.1) is 0 Å². The standard InChI is InChI=1S/C11H18F3NO2/c1-3-5-10(6-4-2)8(7-17-9(10)16)15-11(12,13)14/h8,15H,3-7H2,1-2H3/t8-/m0/s1. The third-order valence-electron chi connectivity index (χ3n) is 3.18. The molecule has 0 saturated carbocycles. The Morgan fingerprint density at radius 3 is 2.29 bits per heavy atom. The first-order valence-corrected chi connectivity index (χ1v) is 5.87. The van der Waals surface area contributed by atoms with Gasteiger partial charge in [-0.1, -0.05) is 26.7 Å². The third kappa shape index (κ3) is 3.12. The van der Waals surface area contributed by atoms with Gasteiger partial charge in [0.15, 0.2) is 0 Å². The second kappa shape index (κ2) is 5.25. The van der Waals surface area contributed by atoms with Crippen molar-refractivity contribution in [3.05, 3.63) is 0 Å². The Bertz CT molecular complexity index is 272. The fourth-order valence-electron chi connectivity index (χ4n) is 2.55. The lowest BCUT2D eigenvalue weighted by Gasteiger charge is -2.31. The number of rotatable bonds is 5. The van der Waals surface area contributed by atoms with E-state index in [9.17, 15) is 18.0 Å². The maximum absolute atomic E-state index is 12.4. The van der Waals surface area contributed by atoms with E-state index in [1.54, 1.807) is 5.32 Å². The Balaban J connectivity index is 2.90. The van der Waals surface area contributed by atoms with Crippen LogP contribution in [0.25, 0.3) is 0 Å². The van der Waals surface area contributed by atoms with Gasteiger partial charge in [0.25, 0.3) is 0 Å². The van der Waals surface area contributed by atoms with Crippen molar-refractivity contribution in [3.8, 4) is 0 Å². The van der Waals surface area contributed by atoms with Crippen LogP contribution in [-0.2, 0) is 9.53 Å². The average Bonchev–Trinajstić information content (AvgIpc) is 2.46. The summed E-state index contributed by atoms with van der Waals surface area (Å²) in [5.41, 5.74) is -1.01. The van der Waals surface area contributed by atoms with Crippen molar-refractivity contribution < 1.29 is 22.7 Å². The molecule has 0 aromatic rings. The van der Waals surface area contributed by atoms with E-state index in [1.165, 1.54) is 0 Å². The molecule has 1 aliphatic heterocycles. The first-order chi connectivity index (χ1) is 7.85. The molecule has 1 aliphatic rings. The van der Waals surface area contributed by atoms with Gasteiger partial charge in [-0.2, -0.15) is 13.2 Å². The van der Waals surface area contributed by atoms with Crippen molar-refractivity contribution in [2.24, 2.45) is 5.41 Å². The molecule has 0 radical (unpaired) electrons. The second-order valence-electron chi connectivity index (χ2n) is 4.45. The smallest absolute Gasteiger partial charge is 0.457 e. The first-order valence-electron chi connectivity index (χ1n) is 5.87. The lowest BCUT2D eigenvalue weighted by atomic mass is 9.75. The van der Waals surface area contributed by atoms with Crippen LogP contribution in [0, 0.1) is 5.41 Å². The molecule has 100 valence electrons. The number of hydrogen-bond donors (Lipinski definition) is 1. The zero-order valence-electron chi connectivity index (χ0n) is 10.1. The van der Waals surface area contributed by atoms with Crippen molar-refractivity contribution in [1.82, 2.24) is 5.32 Å². The Kier molecular flexibility index (Phi) is 4.41. The van der Waals surface area contributed by atoms with Gasteiger partial charge >= 0.3 is 12.3 Å². The molecule has 1 saturated heterocycles. The normalized spacial score (nSPS) is 23.8. The number of alkyl halides is 3. The molecular weight excluding hydrogens is 235 g/mol. The minimum atomic E-state index is -4.48. The van der Waals surface area contributed by atoms with Crippen molar-refractivity contribution in [2.45, 2.75) is 51.9 Å². The molecule has 0 amide bonds. The quantitative estimate of drug-likeness (QED) is 0.604. The highest BCUT2D eigenvalue weighted by Gasteiger charge is 2.53. The maximum Gasteiger partial charge on any atom is 0.457 e. The molecule has 0 bridgehead atoms. The Hall–Kier alpha value is -0.780. The summed E-state index contributed by atoms with van der Waals surface area (Å²) in [6, 6.07) is -0.963. The number of nitrogens with one attached hydrogen (secondary N) is 1. The molecule has 0 aromatic carbocycles. The van der Waals surface area contributed by atoms with Crippen molar-refractivity contribution in [1.29, 1.82) is 0 Å². The molecular formula is C11H18F3NO2. The molecule has 3 nitrogen and oxygen atoms in total. The van der Waals surface area contributed by atoms with Gasteiger partial charge < -0.3 is 4.74 Å². The van der Waals surface area contributed by atoms with Crippen LogP contribution in [0.15, 0.2) is 0 Å². The summed E-state index contributed by atoms with van der Waals surface area (Å²) < 4.78 is 42.0. The van der Waals surface area contributed by atoms with E-state index < -0.39 is 23.7 Å². The minimum Gasteiger partial charge on any atom is -0.464 e. The molecule has 0 unspecified atom stereocenters. The SMILES string of the molecule is CCCC1(CCC)C(=O)OC[C@@H]1NC(F)(F)F. The van der Waals surface area contributed by atoms with Crippen LogP contribution in [0.3, 0.4) is 0 Å². The van der Waals surface area contributed by atoms with Gasteiger partial charge in [0.05, 0.1) is 11.5 Å². The summed E-state index contributed by atoms with van der Waals surface area (Å²) >= 11 is 0. The average molecular weight is 253 g/mol. The molecule has 0 spiro atoms. The van der Waals surface area contributed by atoms with Gasteiger partial charge in [-0.3, -0.25) is 4.79 Å². The molecule has 6 heteroatoms. The summed E-state index contributed by atoms with van der Waals surface area (Å²) in [5.74, 6) is -0.497. The Morgan fingerprint density at radius 2 is 1.88 bits per heavy atom. The summed E-state index contributed by atoms with van der Waals surface area (Å²) in [6.07, 6.45) is -2.32. The zero-order chi connectivity index (χ0) is 13.1. The predicted molar refractivity (Wildman–Crippen MR) is 56.2 cm³/mol. The third-order valence-corrected chi connectivity index (χ3v) is 3.18. The van der Waals surface area contributed by atoms with Crippen LogP contribution >= 0.6 is 0 Å². The van der Waals surface area contributed by atoms with Crippen LogP contribution in [0.1, 0.15) is 39.5 Å². The maximum atomic E-state index is 12.4. The van der Waals surface area contributed by atoms with E-state index in [0.717, 1.165) is 0 Å². The van der Waals surface area contributed by atoms with E-state index in [2.05, 4.69) is 0 Å². The van der Waals surface area contributed by atoms with Crippen LogP contribution in [-0.4, -0.2) is 24.9 Å². The number of carbonyl (C=O) groups excluding carboxylic acids is 1. The Morgan fingerprint density at radius 1 is 1.35 bits per heavy atom.